The molecule has 0 unspecified atom stereocenters. The van der Waals surface area contributed by atoms with Crippen LogP contribution in [0.3, 0.4) is 0 Å². The molecular weight excluding hydrogens is 148 g/mol. The van der Waals surface area contributed by atoms with Gasteiger partial charge in [-0.05, 0) is 11.0 Å². The monoisotopic (exact) mass is 165 g/mol. The van der Waals surface area contributed by atoms with Crippen LogP contribution in [0.2, 0.25) is 5.04 Å². The van der Waals surface area contributed by atoms with Gasteiger partial charge in [-0.25, -0.2) is 0 Å². The zero-order chi connectivity index (χ0) is 7.73. The summed E-state index contributed by atoms with van der Waals surface area (Å²) in [5, 5.41) is 0.566. The maximum Gasteiger partial charge on any atom is 0.0313 e. The molecule has 0 saturated heterocycles. The van der Waals surface area contributed by atoms with Gasteiger partial charge in [-0.2, -0.15) is 0 Å². The third-order valence-corrected chi connectivity index (χ3v) is 4.33. The summed E-state index contributed by atoms with van der Waals surface area (Å²) in [5.74, 6) is 1.08. The van der Waals surface area contributed by atoms with Crippen molar-refractivity contribution in [1.29, 1.82) is 0 Å². The van der Waals surface area contributed by atoms with Gasteiger partial charge in [0.25, 0.3) is 0 Å². The summed E-state index contributed by atoms with van der Waals surface area (Å²) >= 11 is 0. The molecule has 0 N–H and O–H groups in total. The molecule has 61 valence electrons. The molecule has 1 heteroatoms. The zero-order valence-electron chi connectivity index (χ0n) is 7.23. The van der Waals surface area contributed by atoms with Gasteiger partial charge < -0.3 is 0 Å². The number of hydrogen-bond donors (Lipinski definition) is 0. The highest BCUT2D eigenvalue weighted by Crippen LogP contribution is 2.49. The van der Waals surface area contributed by atoms with Crippen LogP contribution >= 0.6 is 0 Å². The molecule has 0 spiro atoms. The average Bonchev–Trinajstić information content (AvgIpc) is 1.96. The van der Waals surface area contributed by atoms with Crippen molar-refractivity contribution in [3.63, 3.8) is 0 Å². The predicted octanol–water partition coefficient (Wildman–Crippen LogP) is 3.08. The lowest BCUT2D eigenvalue weighted by molar-refractivity contribution is 0.231. The third kappa shape index (κ3) is 1.69. The lowest BCUT2D eigenvalue weighted by atomic mass is 9.74. The Balaban J connectivity index is 2.04. The summed E-state index contributed by atoms with van der Waals surface area (Å²) in [5.41, 5.74) is 0. The van der Waals surface area contributed by atoms with Crippen molar-refractivity contribution in [3.05, 3.63) is 0 Å². The van der Waals surface area contributed by atoms with E-state index in [2.05, 4.69) is 10.2 Å². The first kappa shape index (κ1) is 7.84. The highest BCUT2D eigenvalue weighted by atomic mass is 28.1. The molecule has 3 rings (SSSR count). The van der Waals surface area contributed by atoms with E-state index in [0.29, 0.717) is 5.04 Å². The molecular formula is C10H17Si. The molecule has 11 heavy (non-hydrogen) atoms. The van der Waals surface area contributed by atoms with Crippen LogP contribution in [0, 0.1) is 5.92 Å². The fraction of sp³-hybridized carbons (Fsp3) is 1.00. The second-order valence-corrected chi connectivity index (χ2v) is 5.53. The van der Waals surface area contributed by atoms with E-state index in [4.69, 9.17) is 0 Å². The molecule has 3 saturated carbocycles. The Morgan fingerprint density at radius 3 is 2.36 bits per heavy atom. The Kier molecular flexibility index (Phi) is 2.09. The minimum atomic E-state index is 0.566. The van der Waals surface area contributed by atoms with Crippen LogP contribution in [0.4, 0.5) is 0 Å². The van der Waals surface area contributed by atoms with Gasteiger partial charge in [0.1, 0.15) is 0 Å². The summed E-state index contributed by atoms with van der Waals surface area (Å²) in [4.78, 5) is 0. The molecule has 0 nitrogen and oxygen atoms in total. The first-order valence-electron chi connectivity index (χ1n) is 5.04. The van der Waals surface area contributed by atoms with Crippen LogP contribution in [0.1, 0.15) is 51.4 Å². The molecule has 3 radical (unpaired) electrons. The van der Waals surface area contributed by atoms with Gasteiger partial charge >= 0.3 is 0 Å². The van der Waals surface area contributed by atoms with Gasteiger partial charge in [-0.15, -0.1) is 0 Å². The van der Waals surface area contributed by atoms with E-state index in [-0.39, 0.29) is 0 Å². The summed E-state index contributed by atoms with van der Waals surface area (Å²) in [6, 6.07) is 0. The molecule has 0 heterocycles. The van der Waals surface area contributed by atoms with E-state index < -0.39 is 0 Å². The molecule has 3 aliphatic carbocycles. The second kappa shape index (κ2) is 2.93. The Hall–Kier alpha value is 0.217. The summed E-state index contributed by atoms with van der Waals surface area (Å²) in [6.45, 7) is 0. The maximum atomic E-state index is 3.97. The van der Waals surface area contributed by atoms with Crippen molar-refractivity contribution in [1.82, 2.24) is 0 Å². The van der Waals surface area contributed by atoms with E-state index in [9.17, 15) is 0 Å². The Bertz CT molecular complexity index is 128. The fourth-order valence-corrected chi connectivity index (χ4v) is 3.13. The van der Waals surface area contributed by atoms with Gasteiger partial charge in [-0.1, -0.05) is 51.4 Å². The zero-order valence-corrected chi connectivity index (χ0v) is 8.23. The Labute approximate surface area is 73.2 Å². The molecule has 3 aliphatic rings. The largest absolute Gasteiger partial charge is 0.0531 e. The average molecular weight is 165 g/mol. The Morgan fingerprint density at radius 2 is 1.64 bits per heavy atom. The van der Waals surface area contributed by atoms with Crippen LogP contribution in [0.15, 0.2) is 0 Å². The van der Waals surface area contributed by atoms with Gasteiger partial charge in [0.05, 0.1) is 0 Å². The predicted molar refractivity (Wildman–Crippen MR) is 48.9 cm³/mol. The number of hydrogen-bond acceptors (Lipinski definition) is 0. The second-order valence-electron chi connectivity index (χ2n) is 4.47. The van der Waals surface area contributed by atoms with Crippen LogP contribution in [0.25, 0.3) is 0 Å². The minimum absolute atomic E-state index is 0.566. The normalized spacial score (nSPS) is 45.0. The van der Waals surface area contributed by atoms with Crippen molar-refractivity contribution < 1.29 is 0 Å². The van der Waals surface area contributed by atoms with Crippen LogP contribution < -0.4 is 0 Å². The van der Waals surface area contributed by atoms with Crippen LogP contribution in [0.5, 0.6) is 0 Å². The molecule has 0 atom stereocenters. The SMILES string of the molecule is [Si]C12CCCCC(CC1)CC2. The van der Waals surface area contributed by atoms with Crippen molar-refractivity contribution >= 4 is 10.2 Å². The molecule has 0 aromatic heterocycles. The molecule has 2 bridgehead atoms. The smallest absolute Gasteiger partial charge is 0.0313 e. The molecule has 0 aromatic rings. The molecule has 3 fully saturated rings. The Morgan fingerprint density at radius 1 is 0.909 bits per heavy atom. The maximum absolute atomic E-state index is 3.97. The number of rotatable bonds is 0. The summed E-state index contributed by atoms with van der Waals surface area (Å²) < 4.78 is 0. The first-order chi connectivity index (χ1) is 5.29. The van der Waals surface area contributed by atoms with Crippen LogP contribution in [-0.4, -0.2) is 10.2 Å². The lowest BCUT2D eigenvalue weighted by Crippen LogP contribution is -2.24. The first-order valence-corrected chi connectivity index (χ1v) is 5.54. The third-order valence-electron chi connectivity index (χ3n) is 3.58. The van der Waals surface area contributed by atoms with Gasteiger partial charge in [0.2, 0.25) is 0 Å². The topological polar surface area (TPSA) is 0 Å². The number of fused-ring (bicyclic) bond motifs is 5. The van der Waals surface area contributed by atoms with Gasteiger partial charge in [0, 0.05) is 10.2 Å². The molecule has 0 amide bonds. The van der Waals surface area contributed by atoms with E-state index in [1.165, 1.54) is 51.4 Å². The van der Waals surface area contributed by atoms with Crippen molar-refractivity contribution in [2.24, 2.45) is 5.92 Å². The fourth-order valence-electron chi connectivity index (χ4n) is 2.67. The van der Waals surface area contributed by atoms with Crippen molar-refractivity contribution in [2.45, 2.75) is 56.4 Å². The minimum Gasteiger partial charge on any atom is -0.0531 e. The molecule has 0 aliphatic heterocycles. The summed E-state index contributed by atoms with van der Waals surface area (Å²) in [7, 11) is 3.97. The van der Waals surface area contributed by atoms with Crippen molar-refractivity contribution in [3.8, 4) is 0 Å². The standard InChI is InChI=1S/C10H17Si/c11-10-6-2-1-3-9(4-7-10)5-8-10/h9H,1-8H2. The molecule has 0 aromatic carbocycles. The highest BCUT2D eigenvalue weighted by Gasteiger charge is 2.32. The van der Waals surface area contributed by atoms with E-state index in [1.807, 2.05) is 0 Å². The highest BCUT2D eigenvalue weighted by molar-refractivity contribution is 6.15. The van der Waals surface area contributed by atoms with E-state index >= 15 is 0 Å². The van der Waals surface area contributed by atoms with E-state index in [0.717, 1.165) is 5.92 Å². The van der Waals surface area contributed by atoms with E-state index in [1.54, 1.807) is 0 Å². The van der Waals surface area contributed by atoms with Crippen LogP contribution in [-0.2, 0) is 0 Å². The van der Waals surface area contributed by atoms with Gasteiger partial charge in [0.15, 0.2) is 0 Å². The van der Waals surface area contributed by atoms with Crippen molar-refractivity contribution in [2.75, 3.05) is 0 Å². The lowest BCUT2D eigenvalue weighted by Gasteiger charge is -2.40. The quantitative estimate of drug-likeness (QED) is 0.484. The summed E-state index contributed by atoms with van der Waals surface area (Å²) in [6.07, 6.45) is 11.7. The van der Waals surface area contributed by atoms with Gasteiger partial charge in [-0.3, -0.25) is 0 Å².